The summed E-state index contributed by atoms with van der Waals surface area (Å²) in [6.45, 7) is 0.601. The first-order valence-electron chi connectivity index (χ1n) is 3.68. The highest BCUT2D eigenvalue weighted by Gasteiger charge is 1.98. The standard InChI is InChI=1S/C7H11N3O2/c8-6-4-9-10(5-6)3-1-2-7(11)12/h4-5H,1-3,8H2,(H,11,12). The molecule has 0 aliphatic carbocycles. The molecular weight excluding hydrogens is 158 g/mol. The summed E-state index contributed by atoms with van der Waals surface area (Å²) in [5.74, 6) is -0.782. The third-order valence-electron chi connectivity index (χ3n) is 1.43. The minimum absolute atomic E-state index is 0.166. The summed E-state index contributed by atoms with van der Waals surface area (Å²) in [6, 6.07) is 0. The summed E-state index contributed by atoms with van der Waals surface area (Å²) in [4.78, 5) is 10.1. The van der Waals surface area contributed by atoms with Crippen molar-refractivity contribution in [3.8, 4) is 0 Å². The van der Waals surface area contributed by atoms with Gasteiger partial charge in [-0.05, 0) is 6.42 Å². The number of nitrogens with zero attached hydrogens (tertiary/aromatic N) is 2. The molecule has 12 heavy (non-hydrogen) atoms. The first kappa shape index (κ1) is 8.58. The van der Waals surface area contributed by atoms with Gasteiger partial charge in [0.1, 0.15) is 0 Å². The van der Waals surface area contributed by atoms with Crippen LogP contribution in [0.3, 0.4) is 0 Å². The molecule has 5 heteroatoms. The van der Waals surface area contributed by atoms with Crippen LogP contribution in [0.15, 0.2) is 12.4 Å². The fourth-order valence-electron chi connectivity index (χ4n) is 0.894. The number of aryl methyl sites for hydroxylation is 1. The van der Waals surface area contributed by atoms with Crippen LogP contribution in [0.4, 0.5) is 5.69 Å². The minimum atomic E-state index is -0.782. The highest BCUT2D eigenvalue weighted by Crippen LogP contribution is 2.00. The Kier molecular flexibility index (Phi) is 2.68. The van der Waals surface area contributed by atoms with E-state index in [1.54, 1.807) is 17.1 Å². The second kappa shape index (κ2) is 3.75. The number of anilines is 1. The SMILES string of the molecule is Nc1cnn(CCCC(=O)O)c1. The molecule has 5 nitrogen and oxygen atoms in total. The number of nitrogen functional groups attached to an aromatic ring is 1. The quantitative estimate of drug-likeness (QED) is 0.680. The van der Waals surface area contributed by atoms with E-state index in [-0.39, 0.29) is 6.42 Å². The average Bonchev–Trinajstić information content (AvgIpc) is 2.35. The first-order chi connectivity index (χ1) is 5.68. The molecule has 0 radical (unpaired) electrons. The summed E-state index contributed by atoms with van der Waals surface area (Å²) in [6.07, 6.45) is 3.97. The van der Waals surface area contributed by atoms with Crippen LogP contribution in [-0.4, -0.2) is 20.9 Å². The van der Waals surface area contributed by atoms with Crippen molar-refractivity contribution in [3.63, 3.8) is 0 Å². The van der Waals surface area contributed by atoms with Crippen LogP contribution in [0.25, 0.3) is 0 Å². The molecule has 0 saturated carbocycles. The van der Waals surface area contributed by atoms with Gasteiger partial charge in [-0.25, -0.2) is 0 Å². The van der Waals surface area contributed by atoms with Crippen molar-refractivity contribution in [3.05, 3.63) is 12.4 Å². The molecule has 3 N–H and O–H groups in total. The van der Waals surface area contributed by atoms with Crippen LogP contribution in [0, 0.1) is 0 Å². The molecule has 1 heterocycles. The first-order valence-corrected chi connectivity index (χ1v) is 3.68. The van der Waals surface area contributed by atoms with Gasteiger partial charge in [-0.2, -0.15) is 5.10 Å². The number of carboxylic acid groups (broad SMARTS) is 1. The van der Waals surface area contributed by atoms with Crippen molar-refractivity contribution in [1.82, 2.24) is 9.78 Å². The van der Waals surface area contributed by atoms with Crippen molar-refractivity contribution in [1.29, 1.82) is 0 Å². The zero-order valence-electron chi connectivity index (χ0n) is 6.60. The van der Waals surface area contributed by atoms with Gasteiger partial charge in [-0.15, -0.1) is 0 Å². The van der Waals surface area contributed by atoms with Crippen molar-refractivity contribution in [2.45, 2.75) is 19.4 Å². The van der Waals surface area contributed by atoms with Crippen LogP contribution < -0.4 is 5.73 Å². The molecule has 0 aliphatic heterocycles. The number of nitrogens with two attached hydrogens (primary N) is 1. The van der Waals surface area contributed by atoms with Gasteiger partial charge in [-0.3, -0.25) is 9.48 Å². The van der Waals surface area contributed by atoms with Crippen LogP contribution >= 0.6 is 0 Å². The average molecular weight is 169 g/mol. The lowest BCUT2D eigenvalue weighted by atomic mass is 10.3. The second-order valence-corrected chi connectivity index (χ2v) is 2.53. The lowest BCUT2D eigenvalue weighted by Gasteiger charge is -1.97. The predicted molar refractivity (Wildman–Crippen MR) is 43.5 cm³/mol. The molecule has 66 valence electrons. The molecule has 0 unspecified atom stereocenters. The zero-order chi connectivity index (χ0) is 8.97. The Balaban J connectivity index is 2.29. The van der Waals surface area contributed by atoms with Gasteiger partial charge in [0.05, 0.1) is 11.9 Å². The molecule has 1 aromatic heterocycles. The molecule has 0 bridgehead atoms. The summed E-state index contributed by atoms with van der Waals surface area (Å²) >= 11 is 0. The molecular formula is C7H11N3O2. The largest absolute Gasteiger partial charge is 0.481 e. The Morgan fingerprint density at radius 1 is 1.75 bits per heavy atom. The Morgan fingerprint density at radius 2 is 2.50 bits per heavy atom. The number of rotatable bonds is 4. The molecule has 0 aliphatic rings. The third kappa shape index (κ3) is 2.61. The monoisotopic (exact) mass is 169 g/mol. The topological polar surface area (TPSA) is 81.1 Å². The second-order valence-electron chi connectivity index (χ2n) is 2.53. The van der Waals surface area contributed by atoms with Gasteiger partial charge in [0.15, 0.2) is 0 Å². The van der Waals surface area contributed by atoms with E-state index in [2.05, 4.69) is 5.10 Å². The lowest BCUT2D eigenvalue weighted by Crippen LogP contribution is -2.02. The van der Waals surface area contributed by atoms with E-state index in [1.165, 1.54) is 0 Å². The van der Waals surface area contributed by atoms with E-state index in [0.29, 0.717) is 18.7 Å². The number of carbonyl (C=O) groups is 1. The Bertz CT molecular complexity index is 269. The number of hydrogen-bond donors (Lipinski definition) is 2. The Morgan fingerprint density at radius 3 is 3.00 bits per heavy atom. The van der Waals surface area contributed by atoms with Crippen molar-refractivity contribution >= 4 is 11.7 Å². The molecule has 0 saturated heterocycles. The number of carboxylic acids is 1. The van der Waals surface area contributed by atoms with Gasteiger partial charge in [0.2, 0.25) is 0 Å². The van der Waals surface area contributed by atoms with Gasteiger partial charge in [0, 0.05) is 19.2 Å². The van der Waals surface area contributed by atoms with Gasteiger partial charge in [0.25, 0.3) is 0 Å². The minimum Gasteiger partial charge on any atom is -0.481 e. The van der Waals surface area contributed by atoms with E-state index < -0.39 is 5.97 Å². The molecule has 0 aromatic carbocycles. The smallest absolute Gasteiger partial charge is 0.303 e. The van der Waals surface area contributed by atoms with Crippen LogP contribution in [0.1, 0.15) is 12.8 Å². The van der Waals surface area contributed by atoms with Crippen molar-refractivity contribution < 1.29 is 9.90 Å². The van der Waals surface area contributed by atoms with Crippen LogP contribution in [0.5, 0.6) is 0 Å². The van der Waals surface area contributed by atoms with E-state index in [4.69, 9.17) is 10.8 Å². The van der Waals surface area contributed by atoms with Crippen LogP contribution in [0.2, 0.25) is 0 Å². The lowest BCUT2D eigenvalue weighted by molar-refractivity contribution is -0.137. The number of hydrogen-bond acceptors (Lipinski definition) is 3. The summed E-state index contributed by atoms with van der Waals surface area (Å²) in [5, 5.41) is 12.3. The normalized spacial score (nSPS) is 10.0. The maximum Gasteiger partial charge on any atom is 0.303 e. The molecule has 0 atom stereocenters. The zero-order valence-corrected chi connectivity index (χ0v) is 6.60. The molecule has 1 aromatic rings. The van der Waals surface area contributed by atoms with Gasteiger partial charge >= 0.3 is 5.97 Å². The van der Waals surface area contributed by atoms with Gasteiger partial charge < -0.3 is 10.8 Å². The van der Waals surface area contributed by atoms with Gasteiger partial charge in [-0.1, -0.05) is 0 Å². The summed E-state index contributed by atoms with van der Waals surface area (Å²) in [5.41, 5.74) is 6.01. The molecule has 1 rings (SSSR count). The van der Waals surface area contributed by atoms with Crippen molar-refractivity contribution in [2.75, 3.05) is 5.73 Å². The van der Waals surface area contributed by atoms with E-state index in [1.807, 2.05) is 0 Å². The fourth-order valence-corrected chi connectivity index (χ4v) is 0.894. The molecule has 0 amide bonds. The van der Waals surface area contributed by atoms with E-state index in [0.717, 1.165) is 0 Å². The van der Waals surface area contributed by atoms with E-state index >= 15 is 0 Å². The highest BCUT2D eigenvalue weighted by molar-refractivity contribution is 5.66. The van der Waals surface area contributed by atoms with Crippen LogP contribution in [-0.2, 0) is 11.3 Å². The van der Waals surface area contributed by atoms with E-state index in [9.17, 15) is 4.79 Å². The highest BCUT2D eigenvalue weighted by atomic mass is 16.4. The number of aliphatic carboxylic acids is 1. The summed E-state index contributed by atoms with van der Waals surface area (Å²) < 4.78 is 1.64. The van der Waals surface area contributed by atoms with Crippen molar-refractivity contribution in [2.24, 2.45) is 0 Å². The maximum atomic E-state index is 10.1. The fraction of sp³-hybridized carbons (Fsp3) is 0.429. The Labute approximate surface area is 69.8 Å². The molecule has 0 spiro atoms. The predicted octanol–water partition coefficient (Wildman–Crippen LogP) is 0.330. The number of aromatic nitrogens is 2. The maximum absolute atomic E-state index is 10.1. The third-order valence-corrected chi connectivity index (χ3v) is 1.43. The Hall–Kier alpha value is -1.52. The summed E-state index contributed by atoms with van der Waals surface area (Å²) in [7, 11) is 0. The molecule has 0 fully saturated rings.